The zero-order valence-electron chi connectivity index (χ0n) is 11.7. The maximum Gasteiger partial charge on any atom is 0.573 e. The first-order chi connectivity index (χ1) is 10.8. The number of benzene rings is 1. The van der Waals surface area contributed by atoms with Gasteiger partial charge in [-0.2, -0.15) is 0 Å². The smallest absolute Gasteiger partial charge is 0.406 e. The van der Waals surface area contributed by atoms with E-state index in [0.29, 0.717) is 0 Å². The molecule has 1 aromatic carbocycles. The van der Waals surface area contributed by atoms with Crippen LogP contribution in [-0.4, -0.2) is 17.3 Å². The van der Waals surface area contributed by atoms with Crippen LogP contribution in [0.3, 0.4) is 0 Å². The second-order valence-corrected chi connectivity index (χ2v) is 4.36. The fraction of sp³-hybridized carbons (Fsp3) is 0.143. The van der Waals surface area contributed by atoms with Crippen molar-refractivity contribution in [3.05, 3.63) is 47.5 Å². The average molecular weight is 325 g/mol. The monoisotopic (exact) mass is 325 g/mol. The topological polar surface area (TPSA) is 71.9 Å². The van der Waals surface area contributed by atoms with Gasteiger partial charge in [-0.25, -0.2) is 4.98 Å². The Hall–Kier alpha value is -2.97. The summed E-state index contributed by atoms with van der Waals surface area (Å²) in [5.41, 5.74) is 0.138. The molecule has 0 aliphatic carbocycles. The number of amides is 1. The minimum absolute atomic E-state index is 0.0314. The minimum Gasteiger partial charge on any atom is -0.406 e. The van der Waals surface area contributed by atoms with Gasteiger partial charge in [-0.1, -0.05) is 6.07 Å². The molecule has 0 aliphatic heterocycles. The van der Waals surface area contributed by atoms with Gasteiger partial charge in [-0.05, 0) is 23.4 Å². The molecule has 0 N–H and O–H groups in total. The van der Waals surface area contributed by atoms with E-state index in [1.165, 1.54) is 37.4 Å². The Morgan fingerprint density at radius 3 is 2.61 bits per heavy atom. The number of carbonyl (C=O) groups excluding carboxylic acids is 1. The van der Waals surface area contributed by atoms with E-state index in [0.717, 1.165) is 17.0 Å². The molecule has 0 fully saturated rings. The van der Waals surface area contributed by atoms with E-state index in [9.17, 15) is 22.9 Å². The summed E-state index contributed by atoms with van der Waals surface area (Å²) in [5, 5.41) is 2.73. The summed E-state index contributed by atoms with van der Waals surface area (Å²) in [7, 11) is 0. The number of anilines is 2. The molecule has 0 spiro atoms. The van der Waals surface area contributed by atoms with Gasteiger partial charge in [-0.3, -0.25) is 9.69 Å². The predicted octanol–water partition coefficient (Wildman–Crippen LogP) is 4.06. The Morgan fingerprint density at radius 1 is 1.26 bits per heavy atom. The molecule has 23 heavy (non-hydrogen) atoms. The lowest BCUT2D eigenvalue weighted by molar-refractivity contribution is -0.274. The third-order valence-electron chi connectivity index (χ3n) is 2.69. The minimum atomic E-state index is -4.85. The SMILES string of the molecule is CC(=O)N(c1cccc(OC(F)(F)F)c1)c1cc(N=O)ccn1. The van der Waals surface area contributed by atoms with E-state index in [-0.39, 0.29) is 17.2 Å². The molecule has 1 aromatic heterocycles. The molecule has 2 aromatic rings. The number of ether oxygens (including phenoxy) is 1. The average Bonchev–Trinajstić information content (AvgIpc) is 2.46. The summed E-state index contributed by atoms with van der Waals surface area (Å²) >= 11 is 0. The fourth-order valence-corrected chi connectivity index (χ4v) is 1.88. The maximum absolute atomic E-state index is 12.3. The number of nitrogens with zero attached hydrogens (tertiary/aromatic N) is 3. The van der Waals surface area contributed by atoms with Gasteiger partial charge < -0.3 is 4.74 Å². The number of nitroso groups, excluding NO2 is 1. The number of pyridine rings is 1. The number of hydrogen-bond donors (Lipinski definition) is 0. The quantitative estimate of drug-likeness (QED) is 0.795. The number of hydrogen-bond acceptors (Lipinski definition) is 5. The highest BCUT2D eigenvalue weighted by atomic mass is 19.4. The molecule has 1 amide bonds. The molecular formula is C14H10F3N3O3. The van der Waals surface area contributed by atoms with Crippen molar-refractivity contribution in [1.29, 1.82) is 0 Å². The predicted molar refractivity (Wildman–Crippen MR) is 75.6 cm³/mol. The standard InChI is InChI=1S/C14H10F3N3O3/c1-9(21)20(13-7-10(19-22)5-6-18-13)11-3-2-4-12(8-11)23-14(15,16)17/h2-8H,1H3. The molecule has 1 heterocycles. The van der Waals surface area contributed by atoms with Crippen LogP contribution in [0.1, 0.15) is 6.92 Å². The first kappa shape index (κ1) is 16.4. The molecule has 0 radical (unpaired) electrons. The zero-order valence-corrected chi connectivity index (χ0v) is 11.7. The van der Waals surface area contributed by atoms with Crippen LogP contribution in [0.25, 0.3) is 0 Å². The van der Waals surface area contributed by atoms with E-state index >= 15 is 0 Å². The summed E-state index contributed by atoms with van der Waals surface area (Å²) in [6.07, 6.45) is -3.59. The van der Waals surface area contributed by atoms with Crippen molar-refractivity contribution in [2.75, 3.05) is 4.90 Å². The Kier molecular flexibility index (Phi) is 4.58. The van der Waals surface area contributed by atoms with Crippen LogP contribution < -0.4 is 9.64 Å². The van der Waals surface area contributed by atoms with Gasteiger partial charge in [0.25, 0.3) is 0 Å². The molecule has 9 heteroatoms. The van der Waals surface area contributed by atoms with Crippen LogP contribution in [0, 0.1) is 4.91 Å². The van der Waals surface area contributed by atoms with Gasteiger partial charge in [-0.15, -0.1) is 18.1 Å². The van der Waals surface area contributed by atoms with Gasteiger partial charge in [0, 0.05) is 25.3 Å². The molecule has 120 valence electrons. The first-order valence-corrected chi connectivity index (χ1v) is 6.26. The van der Waals surface area contributed by atoms with Crippen molar-refractivity contribution in [1.82, 2.24) is 4.98 Å². The maximum atomic E-state index is 12.3. The Bertz CT molecular complexity index is 734. The fourth-order valence-electron chi connectivity index (χ4n) is 1.88. The highest BCUT2D eigenvalue weighted by Gasteiger charge is 2.31. The molecule has 0 saturated carbocycles. The molecule has 0 atom stereocenters. The summed E-state index contributed by atoms with van der Waals surface area (Å²) in [6.45, 7) is 1.21. The third-order valence-corrected chi connectivity index (χ3v) is 2.69. The van der Waals surface area contributed by atoms with Crippen molar-refractivity contribution in [3.8, 4) is 5.75 Å². The highest BCUT2D eigenvalue weighted by Crippen LogP contribution is 2.31. The second-order valence-electron chi connectivity index (χ2n) is 4.36. The van der Waals surface area contributed by atoms with Gasteiger partial charge in [0.05, 0.1) is 5.69 Å². The number of rotatable bonds is 4. The van der Waals surface area contributed by atoms with Crippen molar-refractivity contribution in [2.24, 2.45) is 5.18 Å². The van der Waals surface area contributed by atoms with Crippen LogP contribution in [-0.2, 0) is 4.79 Å². The highest BCUT2D eigenvalue weighted by molar-refractivity contribution is 5.98. The number of aromatic nitrogens is 1. The lowest BCUT2D eigenvalue weighted by Gasteiger charge is -2.21. The van der Waals surface area contributed by atoms with Gasteiger partial charge >= 0.3 is 6.36 Å². The summed E-state index contributed by atoms with van der Waals surface area (Å²) in [6, 6.07) is 7.43. The second kappa shape index (κ2) is 6.42. The summed E-state index contributed by atoms with van der Waals surface area (Å²) in [4.78, 5) is 27.4. The van der Waals surface area contributed by atoms with E-state index in [1.807, 2.05) is 0 Å². The van der Waals surface area contributed by atoms with Crippen LogP contribution in [0.4, 0.5) is 30.4 Å². The number of alkyl halides is 3. The van der Waals surface area contributed by atoms with E-state index in [1.54, 1.807) is 0 Å². The molecule has 6 nitrogen and oxygen atoms in total. The zero-order chi connectivity index (χ0) is 17.0. The lowest BCUT2D eigenvalue weighted by atomic mass is 10.2. The molecule has 0 bridgehead atoms. The molecular weight excluding hydrogens is 315 g/mol. The Labute approximate surface area is 128 Å². The molecule has 0 unspecified atom stereocenters. The molecule has 2 rings (SSSR count). The number of halogens is 3. The normalized spacial score (nSPS) is 11.0. The Morgan fingerprint density at radius 2 is 2.00 bits per heavy atom. The Balaban J connectivity index is 2.44. The van der Waals surface area contributed by atoms with Crippen molar-refractivity contribution >= 4 is 23.1 Å². The third kappa shape index (κ3) is 4.25. The summed E-state index contributed by atoms with van der Waals surface area (Å²) < 4.78 is 40.7. The van der Waals surface area contributed by atoms with E-state index < -0.39 is 18.0 Å². The van der Waals surface area contributed by atoms with Gasteiger partial charge in [0.1, 0.15) is 17.3 Å². The molecule has 0 aliphatic rings. The van der Waals surface area contributed by atoms with Crippen molar-refractivity contribution in [2.45, 2.75) is 13.3 Å². The van der Waals surface area contributed by atoms with Gasteiger partial charge in [0.2, 0.25) is 5.91 Å². The van der Waals surface area contributed by atoms with Crippen LogP contribution in [0.5, 0.6) is 5.75 Å². The largest absolute Gasteiger partial charge is 0.573 e. The van der Waals surface area contributed by atoms with Crippen molar-refractivity contribution in [3.63, 3.8) is 0 Å². The van der Waals surface area contributed by atoms with Gasteiger partial charge in [0.15, 0.2) is 0 Å². The van der Waals surface area contributed by atoms with E-state index in [4.69, 9.17) is 0 Å². The lowest BCUT2D eigenvalue weighted by Crippen LogP contribution is -2.24. The van der Waals surface area contributed by atoms with E-state index in [2.05, 4.69) is 14.9 Å². The summed E-state index contributed by atoms with van der Waals surface area (Å²) in [5.74, 6) is -0.936. The molecule has 0 saturated heterocycles. The number of carbonyl (C=O) groups is 1. The van der Waals surface area contributed by atoms with Crippen molar-refractivity contribution < 1.29 is 22.7 Å². The van der Waals surface area contributed by atoms with Crippen LogP contribution in [0.2, 0.25) is 0 Å². The first-order valence-electron chi connectivity index (χ1n) is 6.26. The van der Waals surface area contributed by atoms with Crippen LogP contribution >= 0.6 is 0 Å². The van der Waals surface area contributed by atoms with Crippen LogP contribution in [0.15, 0.2) is 47.8 Å².